The number of hydrogen-bond donors (Lipinski definition) is 1. The summed E-state index contributed by atoms with van der Waals surface area (Å²) in [5, 5.41) is 2.98. The zero-order valence-electron chi connectivity index (χ0n) is 25.5. The summed E-state index contributed by atoms with van der Waals surface area (Å²) in [6, 6.07) is 32.3. The van der Waals surface area contributed by atoms with Crippen molar-refractivity contribution in [2.24, 2.45) is 0 Å². The number of para-hydroxylation sites is 1. The van der Waals surface area contributed by atoms with Crippen LogP contribution in [0.3, 0.4) is 0 Å². The van der Waals surface area contributed by atoms with Crippen molar-refractivity contribution in [2.75, 3.05) is 10.8 Å². The average Bonchev–Trinajstić information content (AvgIpc) is 3.00. The zero-order valence-corrected chi connectivity index (χ0v) is 26.3. The molecule has 0 unspecified atom stereocenters. The van der Waals surface area contributed by atoms with Gasteiger partial charge in [-0.2, -0.15) is 0 Å². The summed E-state index contributed by atoms with van der Waals surface area (Å²) in [6.07, 6.45) is 0.345. The molecule has 1 N–H and O–H groups in total. The molecule has 44 heavy (non-hydrogen) atoms. The van der Waals surface area contributed by atoms with Crippen molar-refractivity contribution >= 4 is 27.5 Å². The summed E-state index contributed by atoms with van der Waals surface area (Å²) in [4.78, 5) is 29.2. The van der Waals surface area contributed by atoms with E-state index in [1.807, 2.05) is 88.4 Å². The second-order valence-electron chi connectivity index (χ2n) is 11.4. The van der Waals surface area contributed by atoms with Crippen LogP contribution in [-0.2, 0) is 26.2 Å². The van der Waals surface area contributed by atoms with Gasteiger partial charge in [-0.05, 0) is 81.3 Å². The normalized spacial score (nSPS) is 12.2. The third-order valence-electron chi connectivity index (χ3n) is 6.79. The smallest absolute Gasteiger partial charge is 0.264 e. The summed E-state index contributed by atoms with van der Waals surface area (Å²) in [6.45, 7) is 7.09. The van der Waals surface area contributed by atoms with E-state index in [0.717, 1.165) is 9.87 Å². The van der Waals surface area contributed by atoms with Crippen LogP contribution in [0.4, 0.5) is 5.69 Å². The van der Waals surface area contributed by atoms with E-state index in [1.54, 1.807) is 42.5 Å². The summed E-state index contributed by atoms with van der Waals surface area (Å²) >= 11 is 0. The maximum Gasteiger partial charge on any atom is 0.264 e. The van der Waals surface area contributed by atoms with Crippen molar-refractivity contribution in [3.8, 4) is 11.5 Å². The van der Waals surface area contributed by atoms with E-state index < -0.39 is 34.1 Å². The topological polar surface area (TPSA) is 96.0 Å². The number of carbonyl (C=O) groups excluding carboxylic acids is 2. The highest BCUT2D eigenvalue weighted by Gasteiger charge is 2.34. The van der Waals surface area contributed by atoms with Gasteiger partial charge >= 0.3 is 0 Å². The molecule has 4 aromatic carbocycles. The minimum Gasteiger partial charge on any atom is -0.457 e. The second kappa shape index (κ2) is 14.2. The summed E-state index contributed by atoms with van der Waals surface area (Å²) in [5.41, 5.74) is 0.593. The first-order valence-corrected chi connectivity index (χ1v) is 16.0. The number of sulfonamides is 1. The predicted molar refractivity (Wildman–Crippen MR) is 173 cm³/mol. The number of benzene rings is 4. The highest BCUT2D eigenvalue weighted by Crippen LogP contribution is 2.28. The Morgan fingerprint density at radius 2 is 1.30 bits per heavy atom. The number of amides is 2. The fraction of sp³-hybridized carbons (Fsp3) is 0.257. The fourth-order valence-corrected chi connectivity index (χ4v) is 6.14. The molecule has 0 spiro atoms. The number of ether oxygens (including phenoxy) is 1. The van der Waals surface area contributed by atoms with Crippen LogP contribution < -0.4 is 14.4 Å². The van der Waals surface area contributed by atoms with Gasteiger partial charge in [0.1, 0.15) is 24.1 Å². The van der Waals surface area contributed by atoms with Crippen LogP contribution >= 0.6 is 0 Å². The molecule has 0 aliphatic rings. The lowest BCUT2D eigenvalue weighted by Gasteiger charge is -2.34. The quantitative estimate of drug-likeness (QED) is 0.200. The number of nitrogens with zero attached hydrogens (tertiary/aromatic N) is 2. The summed E-state index contributed by atoms with van der Waals surface area (Å²) in [5.74, 6) is 0.344. The molecule has 8 nitrogen and oxygen atoms in total. The number of hydrogen-bond acceptors (Lipinski definition) is 5. The SMILES string of the molecule is CC[C@@H](C(=O)NC(C)(C)C)N(Cc1ccccc1)C(=O)CN(c1ccc(Oc2ccccc2)cc1)S(=O)(=O)c1ccccc1. The van der Waals surface area contributed by atoms with Gasteiger partial charge in [-0.15, -0.1) is 0 Å². The molecular weight excluding hydrogens is 574 g/mol. The Kier molecular flexibility index (Phi) is 10.4. The highest BCUT2D eigenvalue weighted by molar-refractivity contribution is 7.92. The molecule has 0 aliphatic heterocycles. The van der Waals surface area contributed by atoms with Gasteiger partial charge in [-0.1, -0.05) is 73.7 Å². The third-order valence-corrected chi connectivity index (χ3v) is 8.58. The molecule has 0 saturated heterocycles. The van der Waals surface area contributed by atoms with E-state index in [9.17, 15) is 18.0 Å². The first-order valence-electron chi connectivity index (χ1n) is 14.5. The maximum atomic E-state index is 14.2. The lowest BCUT2D eigenvalue weighted by atomic mass is 10.1. The summed E-state index contributed by atoms with van der Waals surface area (Å²) in [7, 11) is -4.16. The van der Waals surface area contributed by atoms with E-state index >= 15 is 0 Å². The number of nitrogens with one attached hydrogen (secondary N) is 1. The Morgan fingerprint density at radius 1 is 0.773 bits per heavy atom. The van der Waals surface area contributed by atoms with Crippen molar-refractivity contribution < 1.29 is 22.7 Å². The van der Waals surface area contributed by atoms with Gasteiger partial charge in [0.15, 0.2) is 0 Å². The largest absolute Gasteiger partial charge is 0.457 e. The Bertz CT molecular complexity index is 1620. The van der Waals surface area contributed by atoms with Crippen LogP contribution in [0.15, 0.2) is 120 Å². The number of anilines is 1. The van der Waals surface area contributed by atoms with Crippen molar-refractivity contribution in [3.63, 3.8) is 0 Å². The van der Waals surface area contributed by atoms with Gasteiger partial charge in [0.25, 0.3) is 10.0 Å². The average molecular weight is 614 g/mol. The predicted octanol–water partition coefficient (Wildman–Crippen LogP) is 6.40. The Labute approximate surface area is 260 Å². The molecule has 4 rings (SSSR count). The molecule has 0 fully saturated rings. The molecule has 1 atom stereocenters. The van der Waals surface area contributed by atoms with E-state index in [0.29, 0.717) is 17.9 Å². The molecular formula is C35H39N3O5S. The molecule has 0 heterocycles. The van der Waals surface area contributed by atoms with Gasteiger partial charge < -0.3 is 15.0 Å². The minimum atomic E-state index is -4.16. The molecule has 2 amide bonds. The Morgan fingerprint density at radius 3 is 1.84 bits per heavy atom. The molecule has 230 valence electrons. The number of carbonyl (C=O) groups is 2. The van der Waals surface area contributed by atoms with Crippen molar-refractivity contribution in [3.05, 3.63) is 121 Å². The van der Waals surface area contributed by atoms with Crippen molar-refractivity contribution in [1.82, 2.24) is 10.2 Å². The third kappa shape index (κ3) is 8.48. The Balaban J connectivity index is 1.71. The first-order chi connectivity index (χ1) is 21.0. The highest BCUT2D eigenvalue weighted by atomic mass is 32.2. The van der Waals surface area contributed by atoms with Crippen LogP contribution in [0.5, 0.6) is 11.5 Å². The van der Waals surface area contributed by atoms with Gasteiger partial charge in [-0.3, -0.25) is 13.9 Å². The van der Waals surface area contributed by atoms with Crippen LogP contribution in [-0.4, -0.2) is 43.3 Å². The standard InChI is InChI=1S/C35H39N3O5S/c1-5-32(34(40)36-35(2,3)4)37(25-27-15-9-6-10-16-27)33(39)26-38(44(41,42)31-19-13-8-14-20-31)28-21-23-30(24-22-28)43-29-17-11-7-12-18-29/h6-24,32H,5,25-26H2,1-4H3,(H,36,40)/t32-/m0/s1. The monoisotopic (exact) mass is 613 g/mol. The van der Waals surface area contributed by atoms with E-state index in [2.05, 4.69) is 5.32 Å². The van der Waals surface area contributed by atoms with Gasteiger partial charge in [0.2, 0.25) is 11.8 Å². The minimum absolute atomic E-state index is 0.0459. The number of rotatable bonds is 12. The summed E-state index contributed by atoms with van der Waals surface area (Å²) < 4.78 is 35.0. The van der Waals surface area contributed by atoms with E-state index in [1.165, 1.54) is 17.0 Å². The van der Waals surface area contributed by atoms with Crippen molar-refractivity contribution in [1.29, 1.82) is 0 Å². The van der Waals surface area contributed by atoms with E-state index in [4.69, 9.17) is 4.74 Å². The van der Waals surface area contributed by atoms with Gasteiger partial charge in [-0.25, -0.2) is 8.42 Å². The lowest BCUT2D eigenvalue weighted by Crippen LogP contribution is -2.55. The van der Waals surface area contributed by atoms with E-state index in [-0.39, 0.29) is 23.0 Å². The lowest BCUT2D eigenvalue weighted by molar-refractivity contribution is -0.141. The van der Waals surface area contributed by atoms with Gasteiger partial charge in [0, 0.05) is 12.1 Å². The van der Waals surface area contributed by atoms with Crippen LogP contribution in [0.2, 0.25) is 0 Å². The maximum absolute atomic E-state index is 14.2. The molecule has 0 radical (unpaired) electrons. The van der Waals surface area contributed by atoms with Crippen LogP contribution in [0.25, 0.3) is 0 Å². The molecule has 0 bridgehead atoms. The fourth-order valence-electron chi connectivity index (χ4n) is 4.71. The zero-order chi connectivity index (χ0) is 31.7. The molecule has 0 saturated carbocycles. The second-order valence-corrected chi connectivity index (χ2v) is 13.3. The van der Waals surface area contributed by atoms with Crippen LogP contribution in [0.1, 0.15) is 39.7 Å². The molecule has 4 aromatic rings. The molecule has 9 heteroatoms. The Hall–Kier alpha value is -4.63. The van der Waals surface area contributed by atoms with Crippen LogP contribution in [0, 0.1) is 0 Å². The molecule has 0 aliphatic carbocycles. The van der Waals surface area contributed by atoms with Crippen molar-refractivity contribution in [2.45, 2.75) is 57.1 Å². The molecule has 0 aromatic heterocycles. The van der Waals surface area contributed by atoms with Gasteiger partial charge in [0.05, 0.1) is 10.6 Å². The first kappa shape index (κ1) is 32.3.